The van der Waals surface area contributed by atoms with Crippen molar-refractivity contribution in [1.82, 2.24) is 9.88 Å². The number of nitrogens with zero attached hydrogens (tertiary/aromatic N) is 2. The summed E-state index contributed by atoms with van der Waals surface area (Å²) in [5.74, 6) is -0.839. The Labute approximate surface area is 133 Å². The van der Waals surface area contributed by atoms with Gasteiger partial charge >= 0.3 is 0 Å². The summed E-state index contributed by atoms with van der Waals surface area (Å²) in [6.45, 7) is 2.12. The number of hydrogen-bond donors (Lipinski definition) is 0. The van der Waals surface area contributed by atoms with Gasteiger partial charge in [-0.05, 0) is 24.1 Å². The Hall–Kier alpha value is -2.46. The number of benzene rings is 1. The second kappa shape index (κ2) is 5.73. The van der Waals surface area contributed by atoms with Crippen LogP contribution in [0, 0.1) is 6.92 Å². The first-order valence-electron chi connectivity index (χ1n) is 6.80. The summed E-state index contributed by atoms with van der Waals surface area (Å²) >= 11 is 6.11. The van der Waals surface area contributed by atoms with E-state index >= 15 is 0 Å². The van der Waals surface area contributed by atoms with Gasteiger partial charge in [0.05, 0.1) is 12.1 Å². The SMILES string of the molecule is Cc1ccc(C2=C(Cl)C(=O)N(Cc3cccnc3)C2=O)cc1. The first-order chi connectivity index (χ1) is 10.6. The lowest BCUT2D eigenvalue weighted by Crippen LogP contribution is -2.30. The largest absolute Gasteiger partial charge is 0.273 e. The molecule has 0 saturated carbocycles. The van der Waals surface area contributed by atoms with Crippen molar-refractivity contribution in [2.45, 2.75) is 13.5 Å². The number of amides is 2. The fourth-order valence-corrected chi connectivity index (χ4v) is 2.63. The van der Waals surface area contributed by atoms with Crippen LogP contribution in [0.25, 0.3) is 5.57 Å². The van der Waals surface area contributed by atoms with Crippen molar-refractivity contribution < 1.29 is 9.59 Å². The number of aryl methyl sites for hydroxylation is 1. The Balaban J connectivity index is 1.92. The van der Waals surface area contributed by atoms with E-state index in [9.17, 15) is 9.59 Å². The molecule has 0 radical (unpaired) electrons. The predicted octanol–water partition coefficient (Wildman–Crippen LogP) is 2.91. The molecule has 2 aromatic rings. The minimum atomic E-state index is -0.467. The van der Waals surface area contributed by atoms with Gasteiger partial charge in [0.15, 0.2) is 0 Å². The van der Waals surface area contributed by atoms with Gasteiger partial charge in [-0.3, -0.25) is 19.5 Å². The molecule has 3 rings (SSSR count). The number of halogens is 1. The van der Waals surface area contributed by atoms with Gasteiger partial charge in [0.2, 0.25) is 0 Å². The number of aromatic nitrogens is 1. The standard InChI is InChI=1S/C17H13ClN2O2/c1-11-4-6-13(7-5-11)14-15(18)17(22)20(16(14)21)10-12-3-2-8-19-9-12/h2-9H,10H2,1H3. The number of carbonyl (C=O) groups excluding carboxylic acids is 2. The minimum Gasteiger partial charge on any atom is -0.269 e. The van der Waals surface area contributed by atoms with Crippen molar-refractivity contribution in [2.24, 2.45) is 0 Å². The van der Waals surface area contributed by atoms with Crippen LogP contribution < -0.4 is 0 Å². The molecule has 1 aromatic carbocycles. The van der Waals surface area contributed by atoms with E-state index in [4.69, 9.17) is 11.6 Å². The maximum absolute atomic E-state index is 12.6. The molecule has 2 amide bonds. The van der Waals surface area contributed by atoms with Crippen LogP contribution in [-0.2, 0) is 16.1 Å². The lowest BCUT2D eigenvalue weighted by atomic mass is 10.0. The molecular weight excluding hydrogens is 300 g/mol. The van der Waals surface area contributed by atoms with Crippen molar-refractivity contribution in [3.05, 3.63) is 70.5 Å². The van der Waals surface area contributed by atoms with Crippen LogP contribution in [0.2, 0.25) is 0 Å². The first kappa shape index (κ1) is 14.5. The van der Waals surface area contributed by atoms with Crippen molar-refractivity contribution in [1.29, 1.82) is 0 Å². The van der Waals surface area contributed by atoms with Gasteiger partial charge in [0.1, 0.15) is 5.03 Å². The van der Waals surface area contributed by atoms with Crippen LogP contribution in [0.4, 0.5) is 0 Å². The van der Waals surface area contributed by atoms with E-state index in [1.165, 1.54) is 0 Å². The molecule has 1 aliphatic rings. The van der Waals surface area contributed by atoms with Gasteiger partial charge in [-0.1, -0.05) is 47.5 Å². The lowest BCUT2D eigenvalue weighted by molar-refractivity contribution is -0.137. The normalized spacial score (nSPS) is 14.9. The van der Waals surface area contributed by atoms with Crippen molar-refractivity contribution in [2.75, 3.05) is 0 Å². The van der Waals surface area contributed by atoms with E-state index in [0.717, 1.165) is 16.0 Å². The quantitative estimate of drug-likeness (QED) is 0.819. The molecule has 0 fully saturated rings. The third kappa shape index (κ3) is 2.53. The van der Waals surface area contributed by atoms with Crippen LogP contribution >= 0.6 is 11.6 Å². The van der Waals surface area contributed by atoms with E-state index in [1.807, 2.05) is 25.1 Å². The highest BCUT2D eigenvalue weighted by Crippen LogP contribution is 2.32. The van der Waals surface area contributed by atoms with Crippen LogP contribution in [0.5, 0.6) is 0 Å². The second-order valence-electron chi connectivity index (χ2n) is 5.11. The third-order valence-corrected chi connectivity index (χ3v) is 3.87. The molecule has 1 aromatic heterocycles. The zero-order valence-corrected chi connectivity index (χ0v) is 12.7. The second-order valence-corrected chi connectivity index (χ2v) is 5.49. The van der Waals surface area contributed by atoms with Gasteiger partial charge in [-0.25, -0.2) is 0 Å². The number of carbonyl (C=O) groups is 2. The molecule has 110 valence electrons. The molecule has 2 heterocycles. The maximum Gasteiger partial charge on any atom is 0.273 e. The summed E-state index contributed by atoms with van der Waals surface area (Å²) in [7, 11) is 0. The molecule has 0 bridgehead atoms. The molecule has 1 aliphatic heterocycles. The summed E-state index contributed by atoms with van der Waals surface area (Å²) in [6, 6.07) is 10.9. The summed E-state index contributed by atoms with van der Waals surface area (Å²) in [5, 5.41) is -0.0299. The van der Waals surface area contributed by atoms with E-state index in [0.29, 0.717) is 5.56 Å². The first-order valence-corrected chi connectivity index (χ1v) is 7.17. The Bertz CT molecular complexity index is 767. The van der Waals surface area contributed by atoms with E-state index in [1.54, 1.807) is 30.6 Å². The van der Waals surface area contributed by atoms with Crippen LogP contribution in [0.3, 0.4) is 0 Å². The molecule has 4 nitrogen and oxygen atoms in total. The molecular formula is C17H13ClN2O2. The zero-order chi connectivity index (χ0) is 15.7. The number of hydrogen-bond acceptors (Lipinski definition) is 3. The van der Waals surface area contributed by atoms with Crippen molar-refractivity contribution in [3.8, 4) is 0 Å². The Kier molecular flexibility index (Phi) is 3.77. The lowest BCUT2D eigenvalue weighted by Gasteiger charge is -2.14. The Morgan fingerprint density at radius 2 is 1.82 bits per heavy atom. The fourth-order valence-electron chi connectivity index (χ4n) is 2.33. The highest BCUT2D eigenvalue weighted by Gasteiger charge is 2.38. The smallest absolute Gasteiger partial charge is 0.269 e. The predicted molar refractivity (Wildman–Crippen MR) is 83.7 cm³/mol. The minimum absolute atomic E-state index is 0.0299. The number of imide groups is 1. The molecule has 0 saturated heterocycles. The maximum atomic E-state index is 12.6. The summed E-state index contributed by atoms with van der Waals surface area (Å²) in [6.07, 6.45) is 3.26. The molecule has 22 heavy (non-hydrogen) atoms. The highest BCUT2D eigenvalue weighted by atomic mass is 35.5. The van der Waals surface area contributed by atoms with Gasteiger partial charge in [-0.15, -0.1) is 0 Å². The molecule has 0 spiro atoms. The average molecular weight is 313 g/mol. The molecule has 0 unspecified atom stereocenters. The van der Waals surface area contributed by atoms with Gasteiger partial charge in [0, 0.05) is 12.4 Å². The Morgan fingerprint density at radius 1 is 1.09 bits per heavy atom. The van der Waals surface area contributed by atoms with Gasteiger partial charge in [0.25, 0.3) is 11.8 Å². The fraction of sp³-hybridized carbons (Fsp3) is 0.118. The average Bonchev–Trinajstić information content (AvgIpc) is 2.73. The topological polar surface area (TPSA) is 50.3 Å². The monoisotopic (exact) mass is 312 g/mol. The highest BCUT2D eigenvalue weighted by molar-refractivity contribution is 6.55. The van der Waals surface area contributed by atoms with E-state index in [-0.39, 0.29) is 23.1 Å². The van der Waals surface area contributed by atoms with Crippen molar-refractivity contribution in [3.63, 3.8) is 0 Å². The molecule has 0 atom stereocenters. The van der Waals surface area contributed by atoms with Gasteiger partial charge in [-0.2, -0.15) is 0 Å². The third-order valence-electron chi connectivity index (χ3n) is 3.52. The van der Waals surface area contributed by atoms with Crippen LogP contribution in [0.1, 0.15) is 16.7 Å². The zero-order valence-electron chi connectivity index (χ0n) is 11.9. The number of rotatable bonds is 3. The summed E-state index contributed by atoms with van der Waals surface area (Å²) in [4.78, 5) is 30.0. The molecule has 5 heteroatoms. The number of pyridine rings is 1. The summed E-state index contributed by atoms with van der Waals surface area (Å²) < 4.78 is 0. The van der Waals surface area contributed by atoms with Crippen LogP contribution in [0.15, 0.2) is 53.8 Å². The molecule has 0 aliphatic carbocycles. The van der Waals surface area contributed by atoms with E-state index < -0.39 is 5.91 Å². The van der Waals surface area contributed by atoms with Crippen LogP contribution in [-0.4, -0.2) is 21.7 Å². The van der Waals surface area contributed by atoms with Gasteiger partial charge < -0.3 is 0 Å². The van der Waals surface area contributed by atoms with Crippen molar-refractivity contribution >= 4 is 29.0 Å². The Morgan fingerprint density at radius 3 is 2.45 bits per heavy atom. The van der Waals surface area contributed by atoms with E-state index in [2.05, 4.69) is 4.98 Å². The molecule has 0 N–H and O–H groups in total. The summed E-state index contributed by atoms with van der Waals surface area (Å²) in [5.41, 5.74) is 2.77.